The summed E-state index contributed by atoms with van der Waals surface area (Å²) in [5.41, 5.74) is 0. The van der Waals surface area contributed by atoms with Gasteiger partial charge in [0, 0.05) is 0 Å². The normalized spacial score (nSPS) is 10.1. The number of thiol groups is 3. The van der Waals surface area contributed by atoms with Crippen LogP contribution < -0.4 is 0 Å². The summed E-state index contributed by atoms with van der Waals surface area (Å²) in [5, 5.41) is -2.26. The van der Waals surface area contributed by atoms with Gasteiger partial charge in [-0.1, -0.05) is 0 Å². The molecule has 0 aromatic carbocycles. The molecule has 0 aromatic rings. The van der Waals surface area contributed by atoms with Crippen molar-refractivity contribution in [3.05, 3.63) is 0 Å². The van der Waals surface area contributed by atoms with Crippen molar-refractivity contribution in [2.24, 2.45) is 0 Å². The zero-order valence-corrected chi connectivity index (χ0v) is 18.3. The van der Waals surface area contributed by atoms with E-state index >= 15 is 0 Å². The van der Waals surface area contributed by atoms with Gasteiger partial charge in [0.15, 0.2) is 0 Å². The van der Waals surface area contributed by atoms with Crippen molar-refractivity contribution in [3.63, 3.8) is 0 Å². The summed E-state index contributed by atoms with van der Waals surface area (Å²) in [6, 6.07) is 0. The van der Waals surface area contributed by atoms with Crippen LogP contribution in [0.15, 0.2) is 0 Å². The molecule has 0 radical (unpaired) electrons. The van der Waals surface area contributed by atoms with Crippen molar-refractivity contribution < 1.29 is 23.4 Å². The average Bonchev–Trinajstić information content (AvgIpc) is 2.29. The first-order chi connectivity index (χ1) is 9.03. The minimum absolute atomic E-state index is 0.669. The Balaban J connectivity index is 4.40. The summed E-state index contributed by atoms with van der Waals surface area (Å²) in [4.78, 5) is 33.6. The Kier molecular flexibility index (Phi) is 15.8. The molecule has 6 nitrogen and oxygen atoms in total. The maximum absolute atomic E-state index is 11.2. The topological polar surface area (TPSA) is 78.9 Å². The van der Waals surface area contributed by atoms with Crippen molar-refractivity contribution in [2.75, 3.05) is 0 Å². The molecule has 0 aliphatic heterocycles. The van der Waals surface area contributed by atoms with Crippen molar-refractivity contribution in [3.8, 4) is 0 Å². The van der Waals surface area contributed by atoms with E-state index in [4.69, 9.17) is 9.05 Å². The first kappa shape index (κ1) is 21.4. The van der Waals surface area contributed by atoms with Crippen molar-refractivity contribution in [2.45, 2.75) is 0 Å². The van der Waals surface area contributed by atoms with Gasteiger partial charge < -0.3 is 0 Å². The molecular formula is C3H3O6S9Sb. The van der Waals surface area contributed by atoms with E-state index < -0.39 is 37.4 Å². The van der Waals surface area contributed by atoms with Crippen molar-refractivity contribution in [1.82, 2.24) is 0 Å². The molecule has 0 unspecified atom stereocenters. The molecule has 0 aromatic heterocycles. The summed E-state index contributed by atoms with van der Waals surface area (Å²) >= 11 is 7.48. The SMILES string of the molecule is O=C([O][Sb]([O]C(=O)SSS)[O]C(=O)SSS)SSS. The second-order valence-corrected chi connectivity index (χ2v) is 13.4. The average molecular weight is 545 g/mol. The first-order valence-electron chi connectivity index (χ1n) is 3.43. The van der Waals surface area contributed by atoms with Crippen LogP contribution >= 0.6 is 96.8 Å². The monoisotopic (exact) mass is 544 g/mol. The molecule has 0 aliphatic carbocycles. The number of rotatable bonds is 6. The van der Waals surface area contributed by atoms with Crippen LogP contribution in [0.1, 0.15) is 0 Å². The summed E-state index contributed by atoms with van der Waals surface area (Å²) in [5.74, 6) is 0. The fourth-order valence-corrected chi connectivity index (χ4v) is 8.04. The van der Waals surface area contributed by atoms with Gasteiger partial charge in [-0.25, -0.2) is 0 Å². The summed E-state index contributed by atoms with van der Waals surface area (Å²) in [6.45, 7) is 0. The molecule has 0 saturated carbocycles. The van der Waals surface area contributed by atoms with Crippen LogP contribution in [-0.2, 0) is 9.05 Å². The van der Waals surface area contributed by atoms with E-state index in [-0.39, 0.29) is 0 Å². The van der Waals surface area contributed by atoms with Gasteiger partial charge in [0.1, 0.15) is 0 Å². The molecule has 16 heteroatoms. The molecule has 0 spiro atoms. The Morgan fingerprint density at radius 3 is 1.16 bits per heavy atom. The maximum atomic E-state index is 11.2. The van der Waals surface area contributed by atoms with Crippen LogP contribution in [-0.4, -0.2) is 37.4 Å². The van der Waals surface area contributed by atoms with E-state index in [1.54, 1.807) is 0 Å². The molecule has 110 valence electrons. The van der Waals surface area contributed by atoms with Crippen LogP contribution in [0, 0.1) is 0 Å². The van der Waals surface area contributed by atoms with Gasteiger partial charge in [0.2, 0.25) is 0 Å². The third-order valence-electron chi connectivity index (χ3n) is 0.763. The summed E-state index contributed by atoms with van der Waals surface area (Å²) in [6.07, 6.45) is 0. The predicted octanol–water partition coefficient (Wildman–Crippen LogP) is 5.06. The molecule has 0 amide bonds. The summed E-state index contributed by atoms with van der Waals surface area (Å²) in [7, 11) is 4.56. The number of hydrogen-bond donors (Lipinski definition) is 3. The van der Waals surface area contributed by atoms with Gasteiger partial charge >= 0.3 is 158 Å². The zero-order valence-electron chi connectivity index (χ0n) is 8.19. The van der Waals surface area contributed by atoms with E-state index in [2.05, 4.69) is 35.0 Å². The molecule has 0 heterocycles. The Morgan fingerprint density at radius 1 is 0.684 bits per heavy atom. The van der Waals surface area contributed by atoms with Gasteiger partial charge in [0.25, 0.3) is 0 Å². The Hall–Kier alpha value is 2.38. The molecular weight excluding hydrogens is 542 g/mol. The Bertz CT molecular complexity index is 267. The van der Waals surface area contributed by atoms with E-state index in [1.165, 1.54) is 0 Å². The quantitative estimate of drug-likeness (QED) is 0.237. The Labute approximate surface area is 155 Å². The van der Waals surface area contributed by atoms with E-state index in [0.29, 0.717) is 32.4 Å². The molecule has 0 aliphatic rings. The van der Waals surface area contributed by atoms with Gasteiger partial charge in [-0.15, -0.1) is 0 Å². The summed E-state index contributed by atoms with van der Waals surface area (Å²) < 4.78 is 14.3. The molecule has 0 N–H and O–H groups in total. The third-order valence-corrected chi connectivity index (χ3v) is 9.36. The van der Waals surface area contributed by atoms with Gasteiger partial charge in [-0.05, 0) is 0 Å². The second-order valence-electron chi connectivity index (χ2n) is 1.72. The van der Waals surface area contributed by atoms with Gasteiger partial charge in [-0.3, -0.25) is 0 Å². The third kappa shape index (κ3) is 12.6. The number of hydrogen-bond acceptors (Lipinski definition) is 15. The van der Waals surface area contributed by atoms with E-state index in [0.717, 1.165) is 29.5 Å². The number of carbonyl (C=O) groups excluding carboxylic acids is 3. The zero-order chi connectivity index (χ0) is 14.7. The second kappa shape index (κ2) is 14.0. The van der Waals surface area contributed by atoms with Crippen LogP contribution in [0.25, 0.3) is 0 Å². The molecule has 0 bridgehead atoms. The standard InChI is InChI=1S/3CH2O2S3.Sb/c3*2-1(3)5-6-4;/h3*4H,(H,2,3);/q;;;+3/p-3. The molecule has 0 atom stereocenters. The first-order valence-corrected chi connectivity index (χ1v) is 16.2. The van der Waals surface area contributed by atoms with E-state index in [9.17, 15) is 14.4 Å². The fourth-order valence-electron chi connectivity index (χ4n) is 0.375. The molecule has 0 rings (SSSR count). The van der Waals surface area contributed by atoms with Gasteiger partial charge in [-0.2, -0.15) is 0 Å². The van der Waals surface area contributed by atoms with Crippen LogP contribution in [0.3, 0.4) is 0 Å². The molecule has 0 fully saturated rings. The molecule has 19 heavy (non-hydrogen) atoms. The van der Waals surface area contributed by atoms with Crippen molar-refractivity contribution >= 4 is 134 Å². The Morgan fingerprint density at radius 2 is 0.947 bits per heavy atom. The predicted molar refractivity (Wildman–Crippen MR) is 97.7 cm³/mol. The van der Waals surface area contributed by atoms with E-state index in [1.807, 2.05) is 0 Å². The van der Waals surface area contributed by atoms with Crippen LogP contribution in [0.5, 0.6) is 0 Å². The molecule has 0 saturated heterocycles. The minimum atomic E-state index is -3.73. The number of carbonyl (C=O) groups is 3. The van der Waals surface area contributed by atoms with Crippen molar-refractivity contribution in [1.29, 1.82) is 0 Å². The fraction of sp³-hybridized carbons (Fsp3) is 0. The van der Waals surface area contributed by atoms with Crippen LogP contribution in [0.4, 0.5) is 14.4 Å². The van der Waals surface area contributed by atoms with Gasteiger partial charge in [0.05, 0.1) is 0 Å². The van der Waals surface area contributed by atoms with Crippen LogP contribution in [0.2, 0.25) is 0 Å².